The van der Waals surface area contributed by atoms with Gasteiger partial charge in [0.1, 0.15) is 13.2 Å². The molecule has 3 aromatic carbocycles. The number of carbonyl (C=O) groups is 1. The SMILES string of the molecule is Cc1nc2c(-c3ccc(Br)cc3)cccc2c(-c2ccc3c(c2)OCCO3)c1C(OC(C)(C)C)C(=O)O. The highest BCUT2D eigenvalue weighted by Gasteiger charge is 2.33. The lowest BCUT2D eigenvalue weighted by Crippen LogP contribution is -2.28. The van der Waals surface area contributed by atoms with Crippen molar-refractivity contribution in [2.24, 2.45) is 0 Å². The lowest BCUT2D eigenvalue weighted by Gasteiger charge is -2.28. The fourth-order valence-electron chi connectivity index (χ4n) is 4.70. The van der Waals surface area contributed by atoms with Crippen LogP contribution in [0.3, 0.4) is 0 Å². The van der Waals surface area contributed by atoms with Gasteiger partial charge in [0.05, 0.1) is 11.1 Å². The number of para-hydroxylation sites is 1. The maximum absolute atomic E-state index is 12.6. The molecule has 7 heteroatoms. The zero-order valence-electron chi connectivity index (χ0n) is 21.2. The van der Waals surface area contributed by atoms with Gasteiger partial charge in [-0.25, -0.2) is 4.79 Å². The Kier molecular flexibility index (Phi) is 6.68. The molecule has 0 spiro atoms. The summed E-state index contributed by atoms with van der Waals surface area (Å²) < 4.78 is 18.7. The first-order chi connectivity index (χ1) is 17.6. The highest BCUT2D eigenvalue weighted by atomic mass is 79.9. The molecule has 0 radical (unpaired) electrons. The van der Waals surface area contributed by atoms with Crippen LogP contribution < -0.4 is 9.47 Å². The molecule has 37 heavy (non-hydrogen) atoms. The van der Waals surface area contributed by atoms with E-state index in [0.717, 1.165) is 37.6 Å². The molecule has 0 aliphatic carbocycles. The Morgan fingerprint density at radius 3 is 2.35 bits per heavy atom. The summed E-state index contributed by atoms with van der Waals surface area (Å²) >= 11 is 3.51. The summed E-state index contributed by atoms with van der Waals surface area (Å²) in [5, 5.41) is 11.1. The minimum atomic E-state index is -1.21. The number of aryl methyl sites for hydroxylation is 1. The largest absolute Gasteiger partial charge is 0.486 e. The maximum Gasteiger partial charge on any atom is 0.337 e. The summed E-state index contributed by atoms with van der Waals surface area (Å²) in [5.74, 6) is 0.231. The molecule has 0 amide bonds. The number of fused-ring (bicyclic) bond motifs is 2. The van der Waals surface area contributed by atoms with E-state index in [2.05, 4.69) is 15.9 Å². The Bertz CT molecular complexity index is 1490. The van der Waals surface area contributed by atoms with Gasteiger partial charge in [-0.15, -0.1) is 0 Å². The number of ether oxygens (including phenoxy) is 3. The summed E-state index contributed by atoms with van der Waals surface area (Å²) in [5.41, 5.74) is 4.77. The fourth-order valence-corrected chi connectivity index (χ4v) is 4.96. The van der Waals surface area contributed by atoms with E-state index < -0.39 is 17.7 Å². The summed E-state index contributed by atoms with van der Waals surface area (Å²) in [6.45, 7) is 8.34. The van der Waals surface area contributed by atoms with Gasteiger partial charge < -0.3 is 19.3 Å². The van der Waals surface area contributed by atoms with E-state index in [1.54, 1.807) is 0 Å². The van der Waals surface area contributed by atoms with E-state index in [1.165, 1.54) is 0 Å². The lowest BCUT2D eigenvalue weighted by atomic mass is 9.89. The second kappa shape index (κ2) is 9.80. The van der Waals surface area contributed by atoms with Gasteiger partial charge in [0.15, 0.2) is 17.6 Å². The van der Waals surface area contributed by atoms with Gasteiger partial charge in [0.25, 0.3) is 0 Å². The van der Waals surface area contributed by atoms with Crippen LogP contribution in [-0.2, 0) is 9.53 Å². The van der Waals surface area contributed by atoms with Crippen molar-refractivity contribution < 1.29 is 24.1 Å². The maximum atomic E-state index is 12.6. The number of benzene rings is 3. The van der Waals surface area contributed by atoms with Crippen LogP contribution in [0, 0.1) is 6.92 Å². The zero-order chi connectivity index (χ0) is 26.3. The summed E-state index contributed by atoms with van der Waals surface area (Å²) in [6, 6.07) is 19.8. The van der Waals surface area contributed by atoms with Crippen LogP contribution >= 0.6 is 15.9 Å². The fraction of sp³-hybridized carbons (Fsp3) is 0.267. The molecule has 6 nitrogen and oxygen atoms in total. The number of rotatable bonds is 5. The van der Waals surface area contributed by atoms with Gasteiger partial charge in [-0.2, -0.15) is 0 Å². The van der Waals surface area contributed by atoms with Gasteiger partial charge in [0, 0.05) is 26.7 Å². The first kappa shape index (κ1) is 25.2. The summed E-state index contributed by atoms with van der Waals surface area (Å²) in [7, 11) is 0. The van der Waals surface area contributed by atoms with E-state index in [0.29, 0.717) is 36.0 Å². The van der Waals surface area contributed by atoms with Gasteiger partial charge in [-0.1, -0.05) is 52.3 Å². The number of nitrogens with zero attached hydrogens (tertiary/aromatic N) is 1. The molecule has 190 valence electrons. The van der Waals surface area contributed by atoms with Crippen LogP contribution in [0.2, 0.25) is 0 Å². The third kappa shape index (κ3) is 5.06. The first-order valence-corrected chi connectivity index (χ1v) is 12.9. The van der Waals surface area contributed by atoms with Gasteiger partial charge in [-0.3, -0.25) is 4.98 Å². The number of carboxylic acid groups (broad SMARTS) is 1. The monoisotopic (exact) mass is 561 g/mol. The molecule has 1 unspecified atom stereocenters. The van der Waals surface area contributed by atoms with E-state index >= 15 is 0 Å². The standard InChI is InChI=1S/C30H28BrNO5/c1-17-25(28(29(33)34)37-30(2,3)4)26(19-10-13-23-24(16-19)36-15-14-35-23)22-7-5-6-21(27(22)32-17)18-8-11-20(31)12-9-18/h5-13,16,28H,14-15H2,1-4H3,(H,33,34). The average molecular weight is 562 g/mol. The van der Waals surface area contributed by atoms with Crippen molar-refractivity contribution in [1.29, 1.82) is 0 Å². The Morgan fingerprint density at radius 1 is 1.00 bits per heavy atom. The number of aromatic nitrogens is 1. The smallest absolute Gasteiger partial charge is 0.337 e. The van der Waals surface area contributed by atoms with E-state index in [1.807, 2.05) is 88.4 Å². The quantitative estimate of drug-likeness (QED) is 0.274. The predicted octanol–water partition coefficient (Wildman–Crippen LogP) is 7.35. The first-order valence-electron chi connectivity index (χ1n) is 12.1. The van der Waals surface area contributed by atoms with Crippen molar-refractivity contribution in [1.82, 2.24) is 4.98 Å². The number of carboxylic acids is 1. The second-order valence-electron chi connectivity index (χ2n) is 10.0. The van der Waals surface area contributed by atoms with Gasteiger partial charge in [0.2, 0.25) is 0 Å². The van der Waals surface area contributed by atoms with Crippen molar-refractivity contribution in [3.63, 3.8) is 0 Å². The number of pyridine rings is 1. The van der Waals surface area contributed by atoms with Gasteiger partial charge >= 0.3 is 5.97 Å². The van der Waals surface area contributed by atoms with Gasteiger partial charge in [-0.05, 0) is 68.7 Å². The van der Waals surface area contributed by atoms with E-state index in [9.17, 15) is 9.90 Å². The minimum Gasteiger partial charge on any atom is -0.486 e. The predicted molar refractivity (Wildman–Crippen MR) is 147 cm³/mol. The molecule has 1 atom stereocenters. The third-order valence-electron chi connectivity index (χ3n) is 6.19. The third-order valence-corrected chi connectivity index (χ3v) is 6.72. The molecular formula is C30H28BrNO5. The van der Waals surface area contributed by atoms with Crippen molar-refractivity contribution in [2.45, 2.75) is 39.4 Å². The van der Waals surface area contributed by atoms with Crippen LogP contribution in [0.1, 0.15) is 38.1 Å². The molecule has 4 aromatic rings. The van der Waals surface area contributed by atoms with Crippen LogP contribution in [0.25, 0.3) is 33.2 Å². The molecule has 1 aromatic heterocycles. The molecule has 0 fully saturated rings. The average Bonchev–Trinajstić information content (AvgIpc) is 2.86. The number of halogens is 1. The summed E-state index contributed by atoms with van der Waals surface area (Å²) in [6.07, 6.45) is -1.21. The molecule has 1 aliphatic rings. The Labute approximate surface area is 224 Å². The molecule has 0 saturated carbocycles. The Balaban J connectivity index is 1.84. The van der Waals surface area contributed by atoms with Crippen LogP contribution in [0.4, 0.5) is 0 Å². The van der Waals surface area contributed by atoms with Crippen LogP contribution in [-0.4, -0.2) is 34.9 Å². The number of hydrogen-bond acceptors (Lipinski definition) is 5. The van der Waals surface area contributed by atoms with Crippen LogP contribution in [0.5, 0.6) is 11.5 Å². The lowest BCUT2D eigenvalue weighted by molar-refractivity contribution is -0.160. The highest BCUT2D eigenvalue weighted by molar-refractivity contribution is 9.10. The minimum absolute atomic E-state index is 0.456. The van der Waals surface area contributed by atoms with E-state index in [4.69, 9.17) is 19.2 Å². The normalized spacial score (nSPS) is 14.0. The number of hydrogen-bond donors (Lipinski definition) is 1. The zero-order valence-corrected chi connectivity index (χ0v) is 22.8. The van der Waals surface area contributed by atoms with Crippen LogP contribution in [0.15, 0.2) is 65.1 Å². The molecule has 1 aliphatic heterocycles. The van der Waals surface area contributed by atoms with Crippen molar-refractivity contribution >= 4 is 32.8 Å². The molecule has 2 heterocycles. The summed E-state index contributed by atoms with van der Waals surface area (Å²) in [4.78, 5) is 17.6. The molecule has 1 N–H and O–H groups in total. The van der Waals surface area contributed by atoms with Crippen molar-refractivity contribution in [2.75, 3.05) is 13.2 Å². The van der Waals surface area contributed by atoms with E-state index in [-0.39, 0.29) is 0 Å². The topological polar surface area (TPSA) is 77.9 Å². The molecular weight excluding hydrogens is 534 g/mol. The number of aliphatic carboxylic acids is 1. The second-order valence-corrected chi connectivity index (χ2v) is 10.9. The van der Waals surface area contributed by atoms with Crippen molar-refractivity contribution in [3.8, 4) is 33.8 Å². The Hall–Kier alpha value is -3.42. The Morgan fingerprint density at radius 2 is 1.68 bits per heavy atom. The molecule has 5 rings (SSSR count). The highest BCUT2D eigenvalue weighted by Crippen LogP contribution is 2.44. The molecule has 0 saturated heterocycles. The van der Waals surface area contributed by atoms with Crippen molar-refractivity contribution in [3.05, 3.63) is 76.4 Å². The molecule has 0 bridgehead atoms.